The number of nitrogens with zero attached hydrogens (tertiary/aromatic N) is 5. The number of aromatic nitrogens is 5. The Kier molecular flexibility index (Phi) is 7.46. The molecule has 0 aliphatic heterocycles. The lowest BCUT2D eigenvalue weighted by molar-refractivity contribution is -0.141. The molecule has 3 aromatic rings. The van der Waals surface area contributed by atoms with Gasteiger partial charge in [-0.2, -0.15) is 13.2 Å². The number of hydrogen-bond acceptors (Lipinski definition) is 7. The highest BCUT2D eigenvalue weighted by Gasteiger charge is 2.33. The Morgan fingerprint density at radius 3 is 2.39 bits per heavy atom. The molecule has 190 valence electrons. The lowest BCUT2D eigenvalue weighted by Gasteiger charge is -2.25. The maximum atomic E-state index is 12.8. The molecule has 10 nitrogen and oxygen atoms in total. The molecule has 36 heavy (non-hydrogen) atoms. The second-order valence-corrected chi connectivity index (χ2v) is 8.47. The standard InChI is InChI=1S/C23H24F3N7O3/c24-23(25,26)18-12-33(13-31-18)22-29-10-16(11-30-22)32-20(14-3-1-2-4-14)17-6-5-15(9-28-17)21(36)27-8-7-19(34)35/h5-6,9-14,20,32H,1-4,7-8H2,(H,27,36)(H,34,35). The van der Waals surface area contributed by atoms with Crippen molar-refractivity contribution in [2.75, 3.05) is 11.9 Å². The fraction of sp³-hybridized carbons (Fsp3) is 0.391. The molecule has 0 aromatic carbocycles. The van der Waals surface area contributed by atoms with Gasteiger partial charge in [-0.05, 0) is 30.9 Å². The number of carbonyl (C=O) groups excluding carboxylic acids is 1. The summed E-state index contributed by atoms with van der Waals surface area (Å²) in [5.74, 6) is -1.06. The van der Waals surface area contributed by atoms with Gasteiger partial charge in [-0.25, -0.2) is 15.0 Å². The summed E-state index contributed by atoms with van der Waals surface area (Å²) in [6.07, 6.45) is 5.70. The summed E-state index contributed by atoms with van der Waals surface area (Å²) in [5.41, 5.74) is 0.585. The summed E-state index contributed by atoms with van der Waals surface area (Å²) >= 11 is 0. The van der Waals surface area contributed by atoms with Gasteiger partial charge >= 0.3 is 12.1 Å². The number of rotatable bonds is 9. The number of nitrogens with one attached hydrogen (secondary N) is 2. The average molecular weight is 503 g/mol. The summed E-state index contributed by atoms with van der Waals surface area (Å²) in [4.78, 5) is 39.0. The number of carbonyl (C=O) groups is 2. The van der Waals surface area contributed by atoms with Crippen molar-refractivity contribution in [2.24, 2.45) is 5.92 Å². The molecule has 1 amide bonds. The lowest BCUT2D eigenvalue weighted by atomic mass is 9.94. The molecule has 3 aromatic heterocycles. The van der Waals surface area contributed by atoms with Crippen LogP contribution in [0.1, 0.15) is 59.9 Å². The van der Waals surface area contributed by atoms with Crippen LogP contribution in [0.3, 0.4) is 0 Å². The Hall–Kier alpha value is -4.03. The number of aliphatic carboxylic acids is 1. The molecule has 1 aliphatic rings. The Labute approximate surface area is 204 Å². The minimum absolute atomic E-state index is 0.0226. The third-order valence-electron chi connectivity index (χ3n) is 5.93. The number of carboxylic acid groups (broad SMARTS) is 1. The third kappa shape index (κ3) is 6.15. The number of pyridine rings is 1. The SMILES string of the molecule is O=C(O)CCNC(=O)c1ccc(C(Nc2cnc(-n3cnc(C(F)(F)F)c3)nc2)C2CCCC2)nc1. The lowest BCUT2D eigenvalue weighted by Crippen LogP contribution is -2.26. The third-order valence-corrected chi connectivity index (χ3v) is 5.93. The topological polar surface area (TPSA) is 135 Å². The van der Waals surface area contributed by atoms with E-state index >= 15 is 0 Å². The molecule has 3 N–H and O–H groups in total. The zero-order chi connectivity index (χ0) is 25.7. The average Bonchev–Trinajstić information content (AvgIpc) is 3.55. The van der Waals surface area contributed by atoms with Gasteiger partial charge in [-0.15, -0.1) is 0 Å². The number of alkyl halides is 3. The van der Waals surface area contributed by atoms with Crippen molar-refractivity contribution in [2.45, 2.75) is 44.3 Å². The van der Waals surface area contributed by atoms with E-state index in [1.807, 2.05) is 0 Å². The molecule has 1 atom stereocenters. The van der Waals surface area contributed by atoms with Crippen molar-refractivity contribution in [1.29, 1.82) is 0 Å². The van der Waals surface area contributed by atoms with Gasteiger partial charge in [-0.1, -0.05) is 12.8 Å². The highest BCUT2D eigenvalue weighted by Crippen LogP contribution is 2.37. The Morgan fingerprint density at radius 1 is 1.08 bits per heavy atom. The second-order valence-electron chi connectivity index (χ2n) is 8.47. The minimum atomic E-state index is -4.55. The van der Waals surface area contributed by atoms with E-state index in [0.29, 0.717) is 11.3 Å². The van der Waals surface area contributed by atoms with Gasteiger partial charge in [0.25, 0.3) is 5.91 Å². The summed E-state index contributed by atoms with van der Waals surface area (Å²) in [6, 6.07) is 3.21. The summed E-state index contributed by atoms with van der Waals surface area (Å²) in [6.45, 7) is 0.0226. The highest BCUT2D eigenvalue weighted by atomic mass is 19.4. The molecule has 1 saturated carbocycles. The van der Waals surface area contributed by atoms with Crippen LogP contribution in [0, 0.1) is 5.92 Å². The largest absolute Gasteiger partial charge is 0.481 e. The van der Waals surface area contributed by atoms with Crippen LogP contribution in [-0.4, -0.2) is 48.0 Å². The van der Waals surface area contributed by atoms with Crippen molar-refractivity contribution >= 4 is 17.6 Å². The van der Waals surface area contributed by atoms with Crippen LogP contribution in [0.15, 0.2) is 43.2 Å². The van der Waals surface area contributed by atoms with Crippen molar-refractivity contribution in [1.82, 2.24) is 29.8 Å². The fourth-order valence-electron chi connectivity index (χ4n) is 4.12. The van der Waals surface area contributed by atoms with Gasteiger partial charge in [0.05, 0.1) is 41.8 Å². The van der Waals surface area contributed by atoms with E-state index in [1.165, 1.54) is 18.6 Å². The molecular formula is C23H24F3N7O3. The summed E-state index contributed by atoms with van der Waals surface area (Å²) < 4.78 is 39.5. The predicted octanol–water partition coefficient (Wildman–Crippen LogP) is 3.62. The second kappa shape index (κ2) is 10.7. The zero-order valence-corrected chi connectivity index (χ0v) is 19.1. The molecule has 1 unspecified atom stereocenters. The van der Waals surface area contributed by atoms with Gasteiger partial charge in [0, 0.05) is 18.9 Å². The number of anilines is 1. The summed E-state index contributed by atoms with van der Waals surface area (Å²) in [5, 5.41) is 14.6. The highest BCUT2D eigenvalue weighted by molar-refractivity contribution is 5.94. The number of amides is 1. The molecule has 0 spiro atoms. The summed E-state index contributed by atoms with van der Waals surface area (Å²) in [7, 11) is 0. The van der Waals surface area contributed by atoms with E-state index in [2.05, 4.69) is 30.6 Å². The van der Waals surface area contributed by atoms with Gasteiger partial charge in [-0.3, -0.25) is 19.1 Å². The number of hydrogen-bond donors (Lipinski definition) is 3. The first-order valence-electron chi connectivity index (χ1n) is 11.4. The number of carboxylic acids is 1. The molecule has 1 aliphatic carbocycles. The van der Waals surface area contributed by atoms with E-state index in [9.17, 15) is 22.8 Å². The van der Waals surface area contributed by atoms with Crippen LogP contribution in [0.5, 0.6) is 0 Å². The van der Waals surface area contributed by atoms with E-state index < -0.39 is 23.7 Å². The monoisotopic (exact) mass is 503 g/mol. The molecule has 3 heterocycles. The first-order chi connectivity index (χ1) is 17.2. The van der Waals surface area contributed by atoms with Gasteiger partial charge in [0.15, 0.2) is 5.69 Å². The molecule has 0 radical (unpaired) electrons. The van der Waals surface area contributed by atoms with Crippen LogP contribution < -0.4 is 10.6 Å². The molecule has 13 heteroatoms. The zero-order valence-electron chi connectivity index (χ0n) is 19.1. The van der Waals surface area contributed by atoms with Gasteiger partial charge in [0.2, 0.25) is 5.95 Å². The Bertz CT molecular complexity index is 1190. The van der Waals surface area contributed by atoms with Crippen LogP contribution in [0.25, 0.3) is 5.95 Å². The van der Waals surface area contributed by atoms with Crippen LogP contribution in [-0.2, 0) is 11.0 Å². The Balaban J connectivity index is 1.47. The number of halogens is 3. The van der Waals surface area contributed by atoms with Crippen molar-refractivity contribution in [3.63, 3.8) is 0 Å². The van der Waals surface area contributed by atoms with E-state index in [0.717, 1.165) is 48.5 Å². The first kappa shape index (κ1) is 25.1. The van der Waals surface area contributed by atoms with Crippen LogP contribution >= 0.6 is 0 Å². The van der Waals surface area contributed by atoms with Crippen LogP contribution in [0.2, 0.25) is 0 Å². The van der Waals surface area contributed by atoms with Crippen LogP contribution in [0.4, 0.5) is 18.9 Å². The molecular weight excluding hydrogens is 479 g/mol. The minimum Gasteiger partial charge on any atom is -0.481 e. The number of imidazole rings is 1. The fourth-order valence-corrected chi connectivity index (χ4v) is 4.12. The smallest absolute Gasteiger partial charge is 0.434 e. The van der Waals surface area contributed by atoms with E-state index in [4.69, 9.17) is 5.11 Å². The van der Waals surface area contributed by atoms with Crippen molar-refractivity contribution < 1.29 is 27.9 Å². The van der Waals surface area contributed by atoms with Crippen molar-refractivity contribution in [3.8, 4) is 5.95 Å². The molecule has 0 bridgehead atoms. The maximum Gasteiger partial charge on any atom is 0.434 e. The molecule has 0 saturated heterocycles. The molecule has 4 rings (SSSR count). The quantitative estimate of drug-likeness (QED) is 0.403. The maximum absolute atomic E-state index is 12.8. The van der Waals surface area contributed by atoms with E-state index in [-0.39, 0.29) is 30.9 Å². The van der Waals surface area contributed by atoms with Gasteiger partial charge in [0.1, 0.15) is 6.33 Å². The van der Waals surface area contributed by atoms with Crippen molar-refractivity contribution in [3.05, 3.63) is 60.2 Å². The Morgan fingerprint density at radius 2 is 1.81 bits per heavy atom. The van der Waals surface area contributed by atoms with E-state index in [1.54, 1.807) is 12.1 Å². The molecule has 1 fully saturated rings. The van der Waals surface area contributed by atoms with Gasteiger partial charge < -0.3 is 15.7 Å². The normalized spacial score (nSPS) is 15.0. The predicted molar refractivity (Wildman–Crippen MR) is 121 cm³/mol. The first-order valence-corrected chi connectivity index (χ1v) is 11.4.